The number of nitrogens with zero attached hydrogens (tertiary/aromatic N) is 1. The van der Waals surface area contributed by atoms with Gasteiger partial charge >= 0.3 is 5.97 Å². The van der Waals surface area contributed by atoms with E-state index in [-0.39, 0.29) is 37.8 Å². The Hall–Kier alpha value is -3.75. The van der Waals surface area contributed by atoms with E-state index in [4.69, 9.17) is 24.4 Å². The van der Waals surface area contributed by atoms with Gasteiger partial charge in [-0.3, -0.25) is 9.78 Å². The summed E-state index contributed by atoms with van der Waals surface area (Å²) in [5.74, 6) is 0.413. The molecule has 0 aliphatic carbocycles. The predicted octanol–water partition coefficient (Wildman–Crippen LogP) is 5.23. The van der Waals surface area contributed by atoms with Crippen molar-refractivity contribution in [3.8, 4) is 16.9 Å². The minimum Gasteiger partial charge on any atom is -0.489 e. The van der Waals surface area contributed by atoms with Crippen LogP contribution in [0.25, 0.3) is 22.1 Å². The number of ether oxygens (including phenoxy) is 3. The highest BCUT2D eigenvalue weighted by Gasteiger charge is 2.18. The number of carbonyl (C=O) groups excluding carboxylic acids is 1. The quantitative estimate of drug-likeness (QED) is 0.303. The Kier molecular flexibility index (Phi) is 7.97. The standard InChI is InChI=1S/C28H29FN2O5/c1-4-34-26(32)13-19-6-5-17(2)9-25(19)35-15-18-10-20-12-21(16-33-3)36-28(20)23(11-18)22-7-8-31-24(14-30)27(22)29/h5-12H,4,13-16,30H2,1-3H3. The highest BCUT2D eigenvalue weighted by molar-refractivity contribution is 5.93. The van der Waals surface area contributed by atoms with Gasteiger partial charge < -0.3 is 24.4 Å². The third-order valence-electron chi connectivity index (χ3n) is 5.72. The number of aryl methyl sites for hydroxylation is 1. The average Bonchev–Trinajstić information content (AvgIpc) is 3.27. The largest absolute Gasteiger partial charge is 0.489 e. The number of hydrogen-bond donors (Lipinski definition) is 1. The molecule has 4 aromatic rings. The van der Waals surface area contributed by atoms with Crippen molar-refractivity contribution in [2.24, 2.45) is 5.73 Å². The number of nitrogens with two attached hydrogens (primary N) is 1. The summed E-state index contributed by atoms with van der Waals surface area (Å²) in [6.45, 7) is 4.51. The van der Waals surface area contributed by atoms with Gasteiger partial charge in [0.05, 0.1) is 18.7 Å². The van der Waals surface area contributed by atoms with Crippen molar-refractivity contribution in [1.29, 1.82) is 0 Å². The fourth-order valence-corrected chi connectivity index (χ4v) is 4.07. The number of pyridine rings is 1. The summed E-state index contributed by atoms with van der Waals surface area (Å²) in [5, 5.41) is 0.791. The van der Waals surface area contributed by atoms with Crippen LogP contribution in [-0.2, 0) is 40.4 Å². The Morgan fingerprint density at radius 1 is 1.11 bits per heavy atom. The van der Waals surface area contributed by atoms with E-state index in [0.29, 0.717) is 34.8 Å². The molecule has 2 heterocycles. The van der Waals surface area contributed by atoms with Gasteiger partial charge in [0.1, 0.15) is 30.3 Å². The van der Waals surface area contributed by atoms with Crippen LogP contribution in [-0.4, -0.2) is 24.7 Å². The highest BCUT2D eigenvalue weighted by Crippen LogP contribution is 2.35. The molecular formula is C28H29FN2O5. The van der Waals surface area contributed by atoms with E-state index in [9.17, 15) is 4.79 Å². The molecule has 2 aromatic carbocycles. The molecule has 0 unspecified atom stereocenters. The van der Waals surface area contributed by atoms with Gasteiger partial charge in [0.2, 0.25) is 0 Å². The number of hydrogen-bond acceptors (Lipinski definition) is 7. The molecule has 0 spiro atoms. The zero-order chi connectivity index (χ0) is 25.7. The summed E-state index contributed by atoms with van der Waals surface area (Å²) in [4.78, 5) is 16.1. The number of halogens is 1. The first-order valence-electron chi connectivity index (χ1n) is 11.7. The third-order valence-corrected chi connectivity index (χ3v) is 5.72. The lowest BCUT2D eigenvalue weighted by Crippen LogP contribution is -2.09. The molecule has 0 saturated carbocycles. The van der Waals surface area contributed by atoms with Crippen molar-refractivity contribution in [2.45, 2.75) is 40.0 Å². The van der Waals surface area contributed by atoms with E-state index in [1.807, 2.05) is 43.3 Å². The fraction of sp³-hybridized carbons (Fsp3) is 0.286. The molecule has 0 fully saturated rings. The minimum atomic E-state index is -0.487. The lowest BCUT2D eigenvalue weighted by Gasteiger charge is -2.14. The van der Waals surface area contributed by atoms with Crippen LogP contribution in [0, 0.1) is 12.7 Å². The highest BCUT2D eigenvalue weighted by atomic mass is 19.1. The number of fused-ring (bicyclic) bond motifs is 1. The number of benzene rings is 2. The molecule has 0 aliphatic rings. The van der Waals surface area contributed by atoms with Gasteiger partial charge in [-0.25, -0.2) is 4.39 Å². The average molecular weight is 493 g/mol. The van der Waals surface area contributed by atoms with E-state index in [0.717, 1.165) is 22.1 Å². The van der Waals surface area contributed by atoms with Crippen molar-refractivity contribution in [1.82, 2.24) is 4.98 Å². The number of furan rings is 1. The SMILES string of the molecule is CCOC(=O)Cc1ccc(C)cc1OCc1cc(-c2ccnc(CN)c2F)c2oc(COC)cc2c1. The van der Waals surface area contributed by atoms with Gasteiger partial charge in [-0.05, 0) is 55.3 Å². The monoisotopic (exact) mass is 492 g/mol. The van der Waals surface area contributed by atoms with Crippen LogP contribution in [0.1, 0.15) is 35.1 Å². The topological polar surface area (TPSA) is 96.8 Å². The van der Waals surface area contributed by atoms with E-state index in [2.05, 4.69) is 4.98 Å². The van der Waals surface area contributed by atoms with Crippen LogP contribution in [0.4, 0.5) is 4.39 Å². The molecule has 7 nitrogen and oxygen atoms in total. The maximum absolute atomic E-state index is 15.2. The molecule has 0 aliphatic heterocycles. The second-order valence-electron chi connectivity index (χ2n) is 8.41. The van der Waals surface area contributed by atoms with Crippen molar-refractivity contribution in [2.75, 3.05) is 13.7 Å². The summed E-state index contributed by atoms with van der Waals surface area (Å²) >= 11 is 0. The lowest BCUT2D eigenvalue weighted by molar-refractivity contribution is -0.142. The molecule has 0 atom stereocenters. The molecule has 8 heteroatoms. The maximum atomic E-state index is 15.2. The molecule has 36 heavy (non-hydrogen) atoms. The predicted molar refractivity (Wildman–Crippen MR) is 134 cm³/mol. The first kappa shape index (κ1) is 25.3. The molecule has 2 aromatic heterocycles. The van der Waals surface area contributed by atoms with Gasteiger partial charge in [0.15, 0.2) is 5.82 Å². The zero-order valence-electron chi connectivity index (χ0n) is 20.6. The first-order valence-corrected chi connectivity index (χ1v) is 11.7. The van der Waals surface area contributed by atoms with Crippen LogP contribution in [0.15, 0.2) is 53.1 Å². The normalized spacial score (nSPS) is 11.1. The van der Waals surface area contributed by atoms with Gasteiger partial charge in [-0.1, -0.05) is 12.1 Å². The zero-order valence-corrected chi connectivity index (χ0v) is 20.6. The summed E-state index contributed by atoms with van der Waals surface area (Å²) < 4.78 is 37.7. The van der Waals surface area contributed by atoms with Crippen LogP contribution < -0.4 is 10.5 Å². The summed E-state index contributed by atoms with van der Waals surface area (Å²) in [6, 6.07) is 12.9. The number of rotatable bonds is 10. The number of carbonyl (C=O) groups is 1. The van der Waals surface area contributed by atoms with Gasteiger partial charge in [0, 0.05) is 41.9 Å². The van der Waals surface area contributed by atoms with Crippen LogP contribution in [0.5, 0.6) is 5.75 Å². The van der Waals surface area contributed by atoms with Crippen LogP contribution in [0.2, 0.25) is 0 Å². The molecule has 0 amide bonds. The van der Waals surface area contributed by atoms with Crippen molar-refractivity contribution in [3.05, 3.63) is 82.6 Å². The van der Waals surface area contributed by atoms with Gasteiger partial charge in [0.25, 0.3) is 0 Å². The summed E-state index contributed by atoms with van der Waals surface area (Å²) in [6.07, 6.45) is 1.64. The maximum Gasteiger partial charge on any atom is 0.310 e. The van der Waals surface area contributed by atoms with Crippen molar-refractivity contribution < 1.29 is 27.8 Å². The second-order valence-corrected chi connectivity index (χ2v) is 8.41. The molecule has 0 bridgehead atoms. The first-order chi connectivity index (χ1) is 17.4. The van der Waals surface area contributed by atoms with Crippen LogP contribution >= 0.6 is 0 Å². The Bertz CT molecular complexity index is 1380. The Morgan fingerprint density at radius 2 is 1.94 bits per heavy atom. The number of aromatic nitrogens is 1. The number of methoxy groups -OCH3 is 1. The lowest BCUT2D eigenvalue weighted by atomic mass is 10.00. The second kappa shape index (κ2) is 11.3. The van der Waals surface area contributed by atoms with Crippen LogP contribution in [0.3, 0.4) is 0 Å². The molecule has 2 N–H and O–H groups in total. The summed E-state index contributed by atoms with van der Waals surface area (Å²) in [7, 11) is 1.58. The van der Waals surface area contributed by atoms with E-state index in [1.54, 1.807) is 20.1 Å². The molecule has 4 rings (SSSR count). The van der Waals surface area contributed by atoms with E-state index >= 15 is 4.39 Å². The molecule has 0 radical (unpaired) electrons. The molecule has 188 valence electrons. The Balaban J connectivity index is 1.72. The fourth-order valence-electron chi connectivity index (χ4n) is 4.07. The van der Waals surface area contributed by atoms with E-state index < -0.39 is 5.82 Å². The van der Waals surface area contributed by atoms with Gasteiger partial charge in [-0.2, -0.15) is 0 Å². The minimum absolute atomic E-state index is 0.0186. The number of esters is 1. The van der Waals surface area contributed by atoms with Gasteiger partial charge in [-0.15, -0.1) is 0 Å². The Labute approximate surface area is 209 Å². The summed E-state index contributed by atoms with van der Waals surface area (Å²) in [5.41, 5.74) is 9.84. The van der Waals surface area contributed by atoms with Crippen molar-refractivity contribution >= 4 is 16.9 Å². The van der Waals surface area contributed by atoms with Crippen molar-refractivity contribution in [3.63, 3.8) is 0 Å². The molecule has 0 saturated heterocycles. The Morgan fingerprint density at radius 3 is 2.69 bits per heavy atom. The van der Waals surface area contributed by atoms with E-state index in [1.165, 1.54) is 6.20 Å². The third kappa shape index (κ3) is 5.56. The molecular weight excluding hydrogens is 463 g/mol. The smallest absolute Gasteiger partial charge is 0.310 e.